The molecule has 0 bridgehead atoms. The third kappa shape index (κ3) is 3.60. The maximum absolute atomic E-state index is 12.1. The van der Waals surface area contributed by atoms with E-state index in [0.29, 0.717) is 32.1 Å². The van der Waals surface area contributed by atoms with E-state index in [0.717, 1.165) is 6.42 Å². The second-order valence-electron chi connectivity index (χ2n) is 5.35. The highest BCUT2D eigenvalue weighted by molar-refractivity contribution is 5.81. The molecule has 3 nitrogen and oxygen atoms in total. The Morgan fingerprint density at radius 2 is 1.78 bits per heavy atom. The quantitative estimate of drug-likeness (QED) is 0.775. The normalized spacial score (nSPS) is 29.4. The monoisotopic (exact) mass is 264 g/mol. The predicted molar refractivity (Wildman–Crippen MR) is 61.0 cm³/mol. The Morgan fingerprint density at radius 3 is 2.22 bits per heavy atom. The molecule has 6 heteroatoms. The molecule has 1 aliphatic heterocycles. The first-order valence-corrected chi connectivity index (χ1v) is 6.45. The molecule has 2 atom stereocenters. The summed E-state index contributed by atoms with van der Waals surface area (Å²) in [7, 11) is 0. The molecule has 104 valence electrons. The van der Waals surface area contributed by atoms with E-state index in [1.165, 1.54) is 0 Å². The highest BCUT2D eigenvalue weighted by atomic mass is 19.4. The van der Waals surface area contributed by atoms with Crippen molar-refractivity contribution in [2.24, 2.45) is 11.8 Å². The van der Waals surface area contributed by atoms with E-state index in [-0.39, 0.29) is 18.4 Å². The fourth-order valence-electron chi connectivity index (χ4n) is 2.38. The lowest BCUT2D eigenvalue weighted by Gasteiger charge is -2.35. The Morgan fingerprint density at radius 1 is 1.22 bits per heavy atom. The van der Waals surface area contributed by atoms with E-state index in [2.05, 4.69) is 6.92 Å². The van der Waals surface area contributed by atoms with E-state index in [1.54, 1.807) is 9.80 Å². The Balaban J connectivity index is 1.70. The van der Waals surface area contributed by atoms with Crippen LogP contribution in [-0.2, 0) is 4.79 Å². The van der Waals surface area contributed by atoms with Gasteiger partial charge in [0, 0.05) is 38.6 Å². The number of nitrogens with zero attached hydrogens (tertiary/aromatic N) is 2. The molecular formula is C12H19F3N2O. The topological polar surface area (TPSA) is 23.6 Å². The molecule has 2 rings (SSSR count). The highest BCUT2D eigenvalue weighted by Crippen LogP contribution is 2.39. The van der Waals surface area contributed by atoms with Crippen LogP contribution in [0.2, 0.25) is 0 Å². The van der Waals surface area contributed by atoms with Crippen molar-refractivity contribution in [2.45, 2.75) is 25.9 Å². The number of halogens is 3. The van der Waals surface area contributed by atoms with Gasteiger partial charge < -0.3 is 4.90 Å². The van der Waals surface area contributed by atoms with Crippen LogP contribution in [0.4, 0.5) is 13.2 Å². The molecule has 2 aliphatic rings. The summed E-state index contributed by atoms with van der Waals surface area (Å²) >= 11 is 0. The molecule has 18 heavy (non-hydrogen) atoms. The fourth-order valence-corrected chi connectivity index (χ4v) is 2.38. The van der Waals surface area contributed by atoms with E-state index in [1.807, 2.05) is 0 Å². The molecule has 0 spiro atoms. The van der Waals surface area contributed by atoms with E-state index < -0.39 is 12.6 Å². The maximum Gasteiger partial charge on any atom is 0.390 e. The van der Waals surface area contributed by atoms with Gasteiger partial charge >= 0.3 is 6.18 Å². The minimum absolute atomic E-state index is 0.0470. The summed E-state index contributed by atoms with van der Waals surface area (Å²) in [5.41, 5.74) is 0. The van der Waals surface area contributed by atoms with Crippen molar-refractivity contribution in [2.75, 3.05) is 32.7 Å². The summed E-state index contributed by atoms with van der Waals surface area (Å²) in [6.45, 7) is 4.36. The van der Waals surface area contributed by atoms with Crippen molar-refractivity contribution in [1.82, 2.24) is 9.80 Å². The summed E-state index contributed by atoms with van der Waals surface area (Å²) in [5, 5.41) is 0. The van der Waals surface area contributed by atoms with Gasteiger partial charge in [0.2, 0.25) is 5.91 Å². The molecule has 0 unspecified atom stereocenters. The average Bonchev–Trinajstić information content (AvgIpc) is 3.03. The minimum Gasteiger partial charge on any atom is -0.340 e. The van der Waals surface area contributed by atoms with Crippen LogP contribution in [0.15, 0.2) is 0 Å². The van der Waals surface area contributed by atoms with Crippen molar-refractivity contribution in [3.05, 3.63) is 0 Å². The Kier molecular flexibility index (Phi) is 3.84. The second-order valence-corrected chi connectivity index (χ2v) is 5.35. The van der Waals surface area contributed by atoms with Crippen LogP contribution >= 0.6 is 0 Å². The van der Waals surface area contributed by atoms with Gasteiger partial charge in [-0.3, -0.25) is 9.69 Å². The van der Waals surface area contributed by atoms with Crippen LogP contribution in [0.3, 0.4) is 0 Å². The smallest absolute Gasteiger partial charge is 0.340 e. The van der Waals surface area contributed by atoms with Crippen molar-refractivity contribution in [3.63, 3.8) is 0 Å². The van der Waals surface area contributed by atoms with E-state index in [4.69, 9.17) is 0 Å². The number of hydrogen-bond acceptors (Lipinski definition) is 2. The largest absolute Gasteiger partial charge is 0.390 e. The lowest BCUT2D eigenvalue weighted by molar-refractivity contribution is -0.142. The third-order valence-electron chi connectivity index (χ3n) is 3.82. The molecule has 1 saturated heterocycles. The van der Waals surface area contributed by atoms with Gasteiger partial charge in [-0.1, -0.05) is 6.92 Å². The zero-order chi connectivity index (χ0) is 13.3. The second kappa shape index (κ2) is 5.07. The number of rotatable bonds is 3. The highest BCUT2D eigenvalue weighted by Gasteiger charge is 2.42. The molecule has 1 aliphatic carbocycles. The van der Waals surface area contributed by atoms with Crippen LogP contribution in [0.25, 0.3) is 0 Å². The summed E-state index contributed by atoms with van der Waals surface area (Å²) in [6.07, 6.45) is -3.88. The molecule has 2 fully saturated rings. The number of hydrogen-bond donors (Lipinski definition) is 0. The van der Waals surface area contributed by atoms with Crippen molar-refractivity contribution in [1.29, 1.82) is 0 Å². The molecule has 0 N–H and O–H groups in total. The Labute approximate surface area is 105 Å². The van der Waals surface area contributed by atoms with Crippen LogP contribution < -0.4 is 0 Å². The molecular weight excluding hydrogens is 245 g/mol. The summed E-state index contributed by atoms with van der Waals surface area (Å²) in [6, 6.07) is 0. The fraction of sp³-hybridized carbons (Fsp3) is 0.917. The summed E-state index contributed by atoms with van der Waals surface area (Å²) in [4.78, 5) is 15.5. The minimum atomic E-state index is -4.09. The molecule has 0 aromatic rings. The van der Waals surface area contributed by atoms with Crippen LogP contribution in [0.1, 0.15) is 19.8 Å². The number of alkyl halides is 3. The Hall–Kier alpha value is -0.780. The summed E-state index contributed by atoms with van der Waals surface area (Å²) in [5.74, 6) is 0.852. The molecule has 0 aromatic heterocycles. The molecule has 1 amide bonds. The zero-order valence-corrected chi connectivity index (χ0v) is 10.5. The van der Waals surface area contributed by atoms with Crippen molar-refractivity contribution in [3.8, 4) is 0 Å². The first-order valence-electron chi connectivity index (χ1n) is 6.45. The number of amides is 1. The van der Waals surface area contributed by atoms with E-state index >= 15 is 0 Å². The first kappa shape index (κ1) is 13.6. The van der Waals surface area contributed by atoms with Crippen molar-refractivity contribution >= 4 is 5.91 Å². The van der Waals surface area contributed by atoms with Gasteiger partial charge in [-0.15, -0.1) is 0 Å². The van der Waals surface area contributed by atoms with Gasteiger partial charge in [0.1, 0.15) is 0 Å². The van der Waals surface area contributed by atoms with Crippen molar-refractivity contribution < 1.29 is 18.0 Å². The van der Waals surface area contributed by atoms with Gasteiger partial charge in [-0.25, -0.2) is 0 Å². The predicted octanol–water partition coefficient (Wildman–Crippen LogP) is 1.74. The SMILES string of the molecule is C[C@H]1C[C@H]1C(=O)N1CCN(CCC(F)(F)F)CC1. The van der Waals surface area contributed by atoms with Gasteiger partial charge in [0.05, 0.1) is 6.42 Å². The maximum atomic E-state index is 12.1. The zero-order valence-electron chi connectivity index (χ0n) is 10.5. The van der Waals surface area contributed by atoms with Gasteiger partial charge in [-0.05, 0) is 12.3 Å². The van der Waals surface area contributed by atoms with Crippen LogP contribution in [-0.4, -0.2) is 54.6 Å². The van der Waals surface area contributed by atoms with Gasteiger partial charge in [0.15, 0.2) is 0 Å². The number of piperazine rings is 1. The lowest BCUT2D eigenvalue weighted by Crippen LogP contribution is -2.49. The average molecular weight is 264 g/mol. The van der Waals surface area contributed by atoms with Crippen LogP contribution in [0.5, 0.6) is 0 Å². The molecule has 0 radical (unpaired) electrons. The lowest BCUT2D eigenvalue weighted by atomic mass is 10.2. The standard InChI is InChI=1S/C12H19F3N2O/c1-9-8-10(9)11(18)17-6-4-16(5-7-17)3-2-12(13,14)15/h9-10H,2-8H2,1H3/t9-,10+/m0/s1. The Bertz CT molecular complexity index is 311. The number of carbonyl (C=O) groups is 1. The van der Waals surface area contributed by atoms with Gasteiger partial charge in [-0.2, -0.15) is 13.2 Å². The molecule has 1 heterocycles. The first-order chi connectivity index (χ1) is 8.37. The number of carbonyl (C=O) groups excluding carboxylic acids is 1. The van der Waals surface area contributed by atoms with E-state index in [9.17, 15) is 18.0 Å². The summed E-state index contributed by atoms with van der Waals surface area (Å²) < 4.78 is 36.2. The molecule has 0 aromatic carbocycles. The third-order valence-corrected chi connectivity index (χ3v) is 3.82. The van der Waals surface area contributed by atoms with Crippen LogP contribution in [0, 0.1) is 11.8 Å². The van der Waals surface area contributed by atoms with Gasteiger partial charge in [0.25, 0.3) is 0 Å². The molecule has 1 saturated carbocycles.